The number of carbonyl (C=O) groups excluding carboxylic acids is 1. The van der Waals surface area contributed by atoms with Crippen molar-refractivity contribution in [3.63, 3.8) is 0 Å². The molecule has 1 aliphatic heterocycles. The lowest BCUT2D eigenvalue weighted by molar-refractivity contribution is -0.154. The summed E-state index contributed by atoms with van der Waals surface area (Å²) in [4.78, 5) is 12.0. The molecule has 182 valence electrons. The summed E-state index contributed by atoms with van der Waals surface area (Å²) in [5.74, 6) is 1.68. The lowest BCUT2D eigenvalue weighted by atomic mass is 9.55. The van der Waals surface area contributed by atoms with Crippen LogP contribution in [0.4, 0.5) is 0 Å². The second-order valence-electron chi connectivity index (χ2n) is 10.8. The normalized spacial score (nSPS) is 34.2. The highest BCUT2D eigenvalue weighted by atomic mass is 32.2. The van der Waals surface area contributed by atoms with Crippen molar-refractivity contribution in [2.45, 2.75) is 88.6 Å². The Hall–Kier alpha value is -1.60. The number of aryl methyl sites for hydroxylation is 1. The Morgan fingerprint density at radius 3 is 2.55 bits per heavy atom. The van der Waals surface area contributed by atoms with Gasteiger partial charge in [-0.1, -0.05) is 13.3 Å². The summed E-state index contributed by atoms with van der Waals surface area (Å²) >= 11 is 0. The van der Waals surface area contributed by atoms with Crippen molar-refractivity contribution in [1.82, 2.24) is 4.31 Å². The van der Waals surface area contributed by atoms with E-state index in [-0.39, 0.29) is 17.5 Å². The number of benzene rings is 1. The molecule has 0 bridgehead atoms. The van der Waals surface area contributed by atoms with Crippen LogP contribution in [-0.2, 0) is 26.0 Å². The first-order chi connectivity index (χ1) is 15.8. The van der Waals surface area contributed by atoms with Gasteiger partial charge in [0, 0.05) is 25.4 Å². The van der Waals surface area contributed by atoms with Crippen molar-refractivity contribution in [2.75, 3.05) is 20.2 Å². The minimum Gasteiger partial charge on any atom is -0.495 e. The summed E-state index contributed by atoms with van der Waals surface area (Å²) in [5, 5.41) is 0. The van der Waals surface area contributed by atoms with Gasteiger partial charge < -0.3 is 9.47 Å². The van der Waals surface area contributed by atoms with E-state index in [1.807, 2.05) is 12.1 Å². The second kappa shape index (κ2) is 8.56. The fourth-order valence-corrected chi connectivity index (χ4v) is 9.22. The van der Waals surface area contributed by atoms with Crippen molar-refractivity contribution < 1.29 is 22.7 Å². The predicted octanol–water partition coefficient (Wildman–Crippen LogP) is 4.66. The van der Waals surface area contributed by atoms with Crippen molar-refractivity contribution in [3.05, 3.63) is 23.3 Å². The molecule has 5 atom stereocenters. The monoisotopic (exact) mass is 475 g/mol. The first kappa shape index (κ1) is 23.2. The molecule has 0 spiro atoms. The molecule has 33 heavy (non-hydrogen) atoms. The Bertz CT molecular complexity index is 1030. The molecule has 1 aromatic carbocycles. The fourth-order valence-electron chi connectivity index (χ4n) is 7.53. The Labute approximate surface area is 198 Å². The summed E-state index contributed by atoms with van der Waals surface area (Å²) in [7, 11) is -2.01. The lowest BCUT2D eigenvalue weighted by Crippen LogP contribution is -2.45. The number of esters is 1. The van der Waals surface area contributed by atoms with Gasteiger partial charge in [0.2, 0.25) is 10.0 Å². The van der Waals surface area contributed by atoms with Crippen LogP contribution in [-0.4, -0.2) is 45.0 Å². The van der Waals surface area contributed by atoms with Gasteiger partial charge in [-0.25, -0.2) is 8.42 Å². The SMILES string of the molecule is COc1cc2c(cc1S(=O)(=O)N1CCCCC1)[C@H]1CC[C@]3(C)[C@@H](OC(C)=O)CC[C@H]3[C@@H]1CC2. The quantitative estimate of drug-likeness (QED) is 0.593. The van der Waals surface area contributed by atoms with E-state index in [0.717, 1.165) is 57.8 Å². The third-order valence-corrected chi connectivity index (χ3v) is 11.1. The Morgan fingerprint density at radius 2 is 1.85 bits per heavy atom. The van der Waals surface area contributed by atoms with Crippen LogP contribution in [0.15, 0.2) is 17.0 Å². The van der Waals surface area contributed by atoms with E-state index in [9.17, 15) is 13.2 Å². The molecule has 0 amide bonds. The van der Waals surface area contributed by atoms with Gasteiger partial charge in [-0.3, -0.25) is 4.79 Å². The lowest BCUT2D eigenvalue weighted by Gasteiger charge is -2.50. The number of nitrogens with zero attached hydrogens (tertiary/aromatic N) is 1. The number of rotatable bonds is 4. The van der Waals surface area contributed by atoms with Gasteiger partial charge in [0.1, 0.15) is 16.7 Å². The zero-order chi connectivity index (χ0) is 23.4. The fraction of sp³-hybridized carbons (Fsp3) is 0.731. The number of fused-ring (bicyclic) bond motifs is 5. The van der Waals surface area contributed by atoms with E-state index >= 15 is 0 Å². The zero-order valence-corrected chi connectivity index (χ0v) is 21.0. The Morgan fingerprint density at radius 1 is 1.09 bits per heavy atom. The predicted molar refractivity (Wildman–Crippen MR) is 126 cm³/mol. The molecule has 6 nitrogen and oxygen atoms in total. The largest absolute Gasteiger partial charge is 0.495 e. The van der Waals surface area contributed by atoms with Gasteiger partial charge in [-0.2, -0.15) is 4.31 Å². The van der Waals surface area contributed by atoms with E-state index in [1.54, 1.807) is 11.4 Å². The van der Waals surface area contributed by atoms with E-state index in [1.165, 1.54) is 18.1 Å². The van der Waals surface area contributed by atoms with E-state index in [2.05, 4.69) is 6.92 Å². The van der Waals surface area contributed by atoms with Crippen LogP contribution in [0.3, 0.4) is 0 Å². The molecule has 2 saturated carbocycles. The highest BCUT2D eigenvalue weighted by Gasteiger charge is 2.56. The molecular weight excluding hydrogens is 438 g/mol. The van der Waals surface area contributed by atoms with Gasteiger partial charge in [-0.05, 0) is 92.4 Å². The van der Waals surface area contributed by atoms with Gasteiger partial charge in [-0.15, -0.1) is 0 Å². The third-order valence-electron chi connectivity index (χ3n) is 9.16. The van der Waals surface area contributed by atoms with E-state index < -0.39 is 10.0 Å². The second-order valence-corrected chi connectivity index (χ2v) is 12.7. The maximum Gasteiger partial charge on any atom is 0.302 e. The number of carbonyl (C=O) groups is 1. The van der Waals surface area contributed by atoms with Crippen molar-refractivity contribution in [1.29, 1.82) is 0 Å². The molecule has 0 N–H and O–H groups in total. The van der Waals surface area contributed by atoms with Gasteiger partial charge in [0.05, 0.1) is 7.11 Å². The molecule has 3 aliphatic carbocycles. The Kier molecular flexibility index (Phi) is 6.01. The first-order valence-corrected chi connectivity index (χ1v) is 14.1. The minimum atomic E-state index is -3.58. The summed E-state index contributed by atoms with van der Waals surface area (Å²) in [6.07, 6.45) is 9.03. The highest BCUT2D eigenvalue weighted by molar-refractivity contribution is 7.89. The molecular formula is C26H37NO5S. The molecule has 0 radical (unpaired) electrons. The summed E-state index contributed by atoms with van der Waals surface area (Å²) in [5.41, 5.74) is 2.48. The van der Waals surface area contributed by atoms with Gasteiger partial charge >= 0.3 is 5.97 Å². The molecule has 1 saturated heterocycles. The first-order valence-electron chi connectivity index (χ1n) is 12.6. The Balaban J connectivity index is 1.49. The van der Waals surface area contributed by atoms with Crippen LogP contribution in [0.5, 0.6) is 5.75 Å². The number of hydrogen-bond donors (Lipinski definition) is 0. The molecule has 5 rings (SSSR count). The number of methoxy groups -OCH3 is 1. The number of hydrogen-bond acceptors (Lipinski definition) is 5. The molecule has 0 aromatic heterocycles. The van der Waals surface area contributed by atoms with Crippen LogP contribution in [0.1, 0.15) is 82.3 Å². The van der Waals surface area contributed by atoms with Crippen LogP contribution >= 0.6 is 0 Å². The zero-order valence-electron chi connectivity index (χ0n) is 20.1. The third kappa shape index (κ3) is 3.79. The molecule has 4 aliphatic rings. The van der Waals surface area contributed by atoms with Crippen LogP contribution in [0, 0.1) is 17.3 Å². The van der Waals surface area contributed by atoms with E-state index in [0.29, 0.717) is 41.5 Å². The maximum atomic E-state index is 13.6. The van der Waals surface area contributed by atoms with Crippen molar-refractivity contribution in [2.24, 2.45) is 17.3 Å². The molecule has 1 aromatic rings. The summed E-state index contributed by atoms with van der Waals surface area (Å²) in [6, 6.07) is 3.95. The molecule has 3 fully saturated rings. The molecule has 7 heteroatoms. The number of piperidine rings is 1. The summed E-state index contributed by atoms with van der Waals surface area (Å²) in [6.45, 7) is 5.00. The number of sulfonamides is 1. The topological polar surface area (TPSA) is 72.9 Å². The average Bonchev–Trinajstić information content (AvgIpc) is 3.14. The maximum absolute atomic E-state index is 13.6. The van der Waals surface area contributed by atoms with Crippen molar-refractivity contribution >= 4 is 16.0 Å². The van der Waals surface area contributed by atoms with E-state index in [4.69, 9.17) is 9.47 Å². The highest BCUT2D eigenvalue weighted by Crippen LogP contribution is 2.62. The standard InChI is InChI=1S/C26H37NO5S/c1-17(28)32-25-10-9-22-20-8-7-18-15-23(31-3)24(33(29,30)27-13-5-4-6-14-27)16-21(18)19(20)11-12-26(22,25)2/h15-16,19-20,22,25H,4-14H2,1-3H3/t19-,20+,22-,25-,26-/m0/s1. The average molecular weight is 476 g/mol. The molecule has 0 unspecified atom stereocenters. The minimum absolute atomic E-state index is 0.00764. The van der Waals surface area contributed by atoms with Crippen LogP contribution in [0.2, 0.25) is 0 Å². The summed E-state index contributed by atoms with van der Waals surface area (Å²) < 4.78 is 40.2. The van der Waals surface area contributed by atoms with Crippen LogP contribution in [0.25, 0.3) is 0 Å². The van der Waals surface area contributed by atoms with Crippen LogP contribution < -0.4 is 4.74 Å². The molecule has 1 heterocycles. The smallest absolute Gasteiger partial charge is 0.302 e. The number of ether oxygens (including phenoxy) is 2. The van der Waals surface area contributed by atoms with Gasteiger partial charge in [0.25, 0.3) is 0 Å². The van der Waals surface area contributed by atoms with Gasteiger partial charge in [0.15, 0.2) is 0 Å². The van der Waals surface area contributed by atoms with Crippen molar-refractivity contribution in [3.8, 4) is 5.75 Å².